The fourth-order valence-corrected chi connectivity index (χ4v) is 1.93. The molecular weight excluding hydrogens is 224 g/mol. The molecule has 0 aromatic heterocycles. The van der Waals surface area contributed by atoms with Crippen molar-refractivity contribution in [2.45, 2.75) is 19.9 Å². The zero-order valence-corrected chi connectivity index (χ0v) is 12.1. The van der Waals surface area contributed by atoms with E-state index >= 15 is 0 Å². The largest absolute Gasteiger partial charge is 0.380 e. The molecule has 0 aliphatic heterocycles. The van der Waals surface area contributed by atoms with Crippen molar-refractivity contribution in [2.24, 2.45) is 0 Å². The number of rotatable bonds is 8. The molecule has 1 aromatic rings. The zero-order chi connectivity index (χ0) is 13.4. The summed E-state index contributed by atoms with van der Waals surface area (Å²) in [6, 6.07) is 9.11. The fraction of sp³-hybridized carbons (Fsp3) is 0.600. The molecule has 0 radical (unpaired) electrons. The van der Waals surface area contributed by atoms with Gasteiger partial charge in [0.2, 0.25) is 0 Å². The fourth-order valence-electron chi connectivity index (χ4n) is 1.93. The molecule has 0 amide bonds. The second-order valence-electron chi connectivity index (χ2n) is 4.71. The van der Waals surface area contributed by atoms with Crippen LogP contribution in [0.5, 0.6) is 0 Å². The summed E-state index contributed by atoms with van der Waals surface area (Å²) in [5.74, 6) is 0. The van der Waals surface area contributed by atoms with Crippen LogP contribution in [0.4, 0.5) is 0 Å². The summed E-state index contributed by atoms with van der Waals surface area (Å²) in [6.07, 6.45) is 0. The Morgan fingerprint density at radius 1 is 1.28 bits per heavy atom. The Balaban J connectivity index is 2.48. The van der Waals surface area contributed by atoms with Crippen molar-refractivity contribution in [2.75, 3.05) is 40.4 Å². The molecule has 3 heteroatoms. The smallest absolute Gasteiger partial charge is 0.0593 e. The minimum absolute atomic E-state index is 0.372. The van der Waals surface area contributed by atoms with Crippen LogP contribution in [0, 0.1) is 6.92 Å². The Morgan fingerprint density at radius 2 is 1.94 bits per heavy atom. The Kier molecular flexibility index (Phi) is 6.94. The van der Waals surface area contributed by atoms with Crippen LogP contribution in [0.3, 0.4) is 0 Å². The quantitative estimate of drug-likeness (QED) is 0.716. The third kappa shape index (κ3) is 5.17. The van der Waals surface area contributed by atoms with Gasteiger partial charge in [0.1, 0.15) is 0 Å². The molecular formula is C15H26N2O. The summed E-state index contributed by atoms with van der Waals surface area (Å²) in [6.45, 7) is 7.71. The molecule has 0 aliphatic carbocycles. The molecule has 102 valence electrons. The minimum Gasteiger partial charge on any atom is -0.380 e. The van der Waals surface area contributed by atoms with Gasteiger partial charge in [0, 0.05) is 25.7 Å². The SMILES string of the molecule is CCOCCN(C)CC(NC)c1ccc(C)cc1. The van der Waals surface area contributed by atoms with Crippen LogP contribution in [-0.2, 0) is 4.74 Å². The van der Waals surface area contributed by atoms with Crippen molar-refractivity contribution in [1.82, 2.24) is 10.2 Å². The highest BCUT2D eigenvalue weighted by Gasteiger charge is 2.11. The molecule has 18 heavy (non-hydrogen) atoms. The molecule has 1 N–H and O–H groups in total. The Hall–Kier alpha value is -0.900. The van der Waals surface area contributed by atoms with E-state index < -0.39 is 0 Å². The Bertz CT molecular complexity index is 324. The number of hydrogen-bond acceptors (Lipinski definition) is 3. The van der Waals surface area contributed by atoms with Gasteiger partial charge in [0.25, 0.3) is 0 Å². The minimum atomic E-state index is 0.372. The Morgan fingerprint density at radius 3 is 2.50 bits per heavy atom. The predicted molar refractivity (Wildman–Crippen MR) is 77.0 cm³/mol. The monoisotopic (exact) mass is 250 g/mol. The maximum atomic E-state index is 5.38. The maximum absolute atomic E-state index is 5.38. The molecule has 0 spiro atoms. The standard InChI is InChI=1S/C15H26N2O/c1-5-18-11-10-17(4)12-15(16-3)14-8-6-13(2)7-9-14/h6-9,15-16H,5,10-12H2,1-4H3. The van der Waals surface area contributed by atoms with E-state index in [1.165, 1.54) is 11.1 Å². The van der Waals surface area contributed by atoms with Crippen LogP contribution in [0.25, 0.3) is 0 Å². The van der Waals surface area contributed by atoms with E-state index in [4.69, 9.17) is 4.74 Å². The van der Waals surface area contributed by atoms with Gasteiger partial charge >= 0.3 is 0 Å². The molecule has 3 nitrogen and oxygen atoms in total. The van der Waals surface area contributed by atoms with Crippen molar-refractivity contribution in [3.63, 3.8) is 0 Å². The van der Waals surface area contributed by atoms with Crippen LogP contribution in [0.2, 0.25) is 0 Å². The topological polar surface area (TPSA) is 24.5 Å². The van der Waals surface area contributed by atoms with Crippen LogP contribution in [0.1, 0.15) is 24.1 Å². The summed E-state index contributed by atoms with van der Waals surface area (Å²) < 4.78 is 5.38. The Labute approximate surface area is 111 Å². The van der Waals surface area contributed by atoms with Gasteiger partial charge in [-0.05, 0) is 33.5 Å². The van der Waals surface area contributed by atoms with Gasteiger partial charge in [-0.1, -0.05) is 29.8 Å². The first kappa shape index (κ1) is 15.2. The van der Waals surface area contributed by atoms with Gasteiger partial charge in [-0.25, -0.2) is 0 Å². The van der Waals surface area contributed by atoms with E-state index in [2.05, 4.69) is 48.5 Å². The second kappa shape index (κ2) is 8.25. The van der Waals surface area contributed by atoms with Gasteiger partial charge in [-0.3, -0.25) is 0 Å². The number of nitrogens with one attached hydrogen (secondary N) is 1. The van der Waals surface area contributed by atoms with Crippen molar-refractivity contribution in [3.05, 3.63) is 35.4 Å². The van der Waals surface area contributed by atoms with Gasteiger partial charge in [-0.15, -0.1) is 0 Å². The summed E-state index contributed by atoms with van der Waals surface area (Å²) >= 11 is 0. The lowest BCUT2D eigenvalue weighted by atomic mass is 10.0. The lowest BCUT2D eigenvalue weighted by Gasteiger charge is -2.24. The van der Waals surface area contributed by atoms with Gasteiger partial charge < -0.3 is 15.0 Å². The van der Waals surface area contributed by atoms with E-state index in [-0.39, 0.29) is 0 Å². The lowest BCUT2D eigenvalue weighted by Crippen LogP contribution is -2.33. The van der Waals surface area contributed by atoms with E-state index in [0.29, 0.717) is 6.04 Å². The average Bonchev–Trinajstić information content (AvgIpc) is 2.37. The van der Waals surface area contributed by atoms with Crippen LogP contribution < -0.4 is 5.32 Å². The normalized spacial score (nSPS) is 12.9. The molecule has 0 heterocycles. The third-order valence-electron chi connectivity index (χ3n) is 3.14. The van der Waals surface area contributed by atoms with E-state index in [1.807, 2.05) is 14.0 Å². The van der Waals surface area contributed by atoms with E-state index in [9.17, 15) is 0 Å². The number of benzene rings is 1. The summed E-state index contributed by atoms with van der Waals surface area (Å²) in [7, 11) is 4.15. The van der Waals surface area contributed by atoms with Crippen LogP contribution >= 0.6 is 0 Å². The molecule has 0 aliphatic rings. The summed E-state index contributed by atoms with van der Waals surface area (Å²) in [5.41, 5.74) is 2.64. The number of nitrogens with zero attached hydrogens (tertiary/aromatic N) is 1. The third-order valence-corrected chi connectivity index (χ3v) is 3.14. The van der Waals surface area contributed by atoms with Gasteiger partial charge in [-0.2, -0.15) is 0 Å². The van der Waals surface area contributed by atoms with E-state index in [0.717, 1.165) is 26.3 Å². The van der Waals surface area contributed by atoms with Crippen molar-refractivity contribution < 1.29 is 4.74 Å². The zero-order valence-electron chi connectivity index (χ0n) is 12.1. The van der Waals surface area contributed by atoms with Crippen LogP contribution in [-0.4, -0.2) is 45.3 Å². The molecule has 1 atom stereocenters. The number of likely N-dealkylation sites (N-methyl/N-ethyl adjacent to an activating group) is 2. The number of hydrogen-bond donors (Lipinski definition) is 1. The van der Waals surface area contributed by atoms with Crippen LogP contribution in [0.15, 0.2) is 24.3 Å². The molecule has 0 bridgehead atoms. The van der Waals surface area contributed by atoms with E-state index in [1.54, 1.807) is 0 Å². The molecule has 1 unspecified atom stereocenters. The number of ether oxygens (including phenoxy) is 1. The second-order valence-corrected chi connectivity index (χ2v) is 4.71. The maximum Gasteiger partial charge on any atom is 0.0593 e. The number of aryl methyl sites for hydroxylation is 1. The molecule has 0 fully saturated rings. The average molecular weight is 250 g/mol. The molecule has 1 rings (SSSR count). The first-order chi connectivity index (χ1) is 8.67. The lowest BCUT2D eigenvalue weighted by molar-refractivity contribution is 0.119. The molecule has 0 saturated heterocycles. The predicted octanol–water partition coefficient (Wildman–Crippen LogP) is 2.22. The first-order valence-electron chi connectivity index (χ1n) is 6.67. The highest BCUT2D eigenvalue weighted by atomic mass is 16.5. The van der Waals surface area contributed by atoms with Crippen molar-refractivity contribution in [3.8, 4) is 0 Å². The van der Waals surface area contributed by atoms with Crippen molar-refractivity contribution in [1.29, 1.82) is 0 Å². The molecule has 0 saturated carbocycles. The molecule has 1 aromatic carbocycles. The summed E-state index contributed by atoms with van der Waals surface area (Å²) in [5, 5.41) is 3.38. The first-order valence-corrected chi connectivity index (χ1v) is 6.67. The van der Waals surface area contributed by atoms with Gasteiger partial charge in [0.15, 0.2) is 0 Å². The highest BCUT2D eigenvalue weighted by molar-refractivity contribution is 5.24. The highest BCUT2D eigenvalue weighted by Crippen LogP contribution is 2.14. The summed E-state index contributed by atoms with van der Waals surface area (Å²) in [4.78, 5) is 2.30. The van der Waals surface area contributed by atoms with Crippen molar-refractivity contribution >= 4 is 0 Å². The van der Waals surface area contributed by atoms with Gasteiger partial charge in [0.05, 0.1) is 6.61 Å².